The van der Waals surface area contributed by atoms with Gasteiger partial charge in [-0.1, -0.05) is 35.9 Å². The molecule has 0 aromatic heterocycles. The first kappa shape index (κ1) is 19.9. The zero-order chi connectivity index (χ0) is 19.2. The van der Waals surface area contributed by atoms with E-state index < -0.39 is 0 Å². The second kappa shape index (κ2) is 9.36. The van der Waals surface area contributed by atoms with Crippen LogP contribution in [0.4, 0.5) is 0 Å². The molecule has 27 heavy (non-hydrogen) atoms. The molecule has 0 radical (unpaired) electrons. The predicted molar refractivity (Wildman–Crippen MR) is 109 cm³/mol. The van der Waals surface area contributed by atoms with Gasteiger partial charge >= 0.3 is 0 Å². The Bertz CT molecular complexity index is 736. The number of morpholine rings is 1. The number of rotatable bonds is 6. The van der Waals surface area contributed by atoms with Gasteiger partial charge in [0.1, 0.15) is 0 Å². The Morgan fingerprint density at radius 3 is 2.26 bits per heavy atom. The van der Waals surface area contributed by atoms with E-state index in [1.54, 1.807) is 0 Å². The first-order valence-electron chi connectivity index (χ1n) is 9.49. The molecule has 2 unspecified atom stereocenters. The Kier molecular flexibility index (Phi) is 6.89. The zero-order valence-electron chi connectivity index (χ0n) is 16.0. The van der Waals surface area contributed by atoms with Crippen LogP contribution in [-0.2, 0) is 17.7 Å². The Balaban J connectivity index is 1.47. The van der Waals surface area contributed by atoms with Crippen molar-refractivity contribution in [1.82, 2.24) is 10.2 Å². The summed E-state index contributed by atoms with van der Waals surface area (Å²) < 4.78 is 5.78. The van der Waals surface area contributed by atoms with Gasteiger partial charge in [-0.25, -0.2) is 0 Å². The smallest absolute Gasteiger partial charge is 0.251 e. The highest BCUT2D eigenvalue weighted by atomic mass is 35.5. The van der Waals surface area contributed by atoms with Crippen LogP contribution in [0.25, 0.3) is 0 Å². The fraction of sp³-hybridized carbons (Fsp3) is 0.409. The van der Waals surface area contributed by atoms with Crippen LogP contribution < -0.4 is 5.32 Å². The average Bonchev–Trinajstić information content (AvgIpc) is 2.63. The molecule has 1 N–H and O–H groups in total. The Morgan fingerprint density at radius 2 is 1.63 bits per heavy atom. The van der Waals surface area contributed by atoms with E-state index in [4.69, 9.17) is 16.3 Å². The molecule has 2 atom stereocenters. The van der Waals surface area contributed by atoms with Crippen LogP contribution >= 0.6 is 11.6 Å². The molecule has 4 nitrogen and oxygen atoms in total. The minimum absolute atomic E-state index is 0.0378. The van der Waals surface area contributed by atoms with Gasteiger partial charge in [-0.15, -0.1) is 0 Å². The molecule has 2 aromatic rings. The normalized spacial score (nSPS) is 20.4. The topological polar surface area (TPSA) is 41.6 Å². The Hall–Kier alpha value is -1.88. The van der Waals surface area contributed by atoms with E-state index >= 15 is 0 Å². The molecule has 2 aromatic carbocycles. The van der Waals surface area contributed by atoms with Crippen molar-refractivity contribution in [3.8, 4) is 0 Å². The van der Waals surface area contributed by atoms with Crippen LogP contribution in [0.5, 0.6) is 0 Å². The number of carbonyl (C=O) groups is 1. The van der Waals surface area contributed by atoms with Gasteiger partial charge in [-0.05, 0) is 55.7 Å². The maximum atomic E-state index is 12.3. The third-order valence-electron chi connectivity index (χ3n) is 4.73. The minimum Gasteiger partial charge on any atom is -0.373 e. The molecule has 5 heteroatoms. The summed E-state index contributed by atoms with van der Waals surface area (Å²) >= 11 is 5.89. The second-order valence-electron chi connectivity index (χ2n) is 7.28. The summed E-state index contributed by atoms with van der Waals surface area (Å²) in [5.74, 6) is -0.0378. The maximum Gasteiger partial charge on any atom is 0.251 e. The monoisotopic (exact) mass is 386 g/mol. The summed E-state index contributed by atoms with van der Waals surface area (Å²) in [5, 5.41) is 3.70. The van der Waals surface area contributed by atoms with Crippen LogP contribution in [-0.4, -0.2) is 42.6 Å². The summed E-state index contributed by atoms with van der Waals surface area (Å²) in [6, 6.07) is 15.6. The van der Waals surface area contributed by atoms with Crippen molar-refractivity contribution < 1.29 is 9.53 Å². The predicted octanol–water partition coefficient (Wildman–Crippen LogP) is 3.92. The van der Waals surface area contributed by atoms with Gasteiger partial charge in [0, 0.05) is 36.8 Å². The number of benzene rings is 2. The molecule has 0 aliphatic carbocycles. The van der Waals surface area contributed by atoms with E-state index in [0.29, 0.717) is 12.1 Å². The first-order valence-corrected chi connectivity index (χ1v) is 9.87. The van der Waals surface area contributed by atoms with E-state index in [1.165, 1.54) is 5.56 Å². The van der Waals surface area contributed by atoms with Crippen molar-refractivity contribution in [2.75, 3.05) is 19.6 Å². The fourth-order valence-corrected chi connectivity index (χ4v) is 3.63. The lowest BCUT2D eigenvalue weighted by atomic mass is 10.1. The van der Waals surface area contributed by atoms with Crippen molar-refractivity contribution in [3.05, 3.63) is 70.2 Å². The second-order valence-corrected chi connectivity index (χ2v) is 7.72. The fourth-order valence-electron chi connectivity index (χ4n) is 3.51. The number of carbonyl (C=O) groups excluding carboxylic acids is 1. The van der Waals surface area contributed by atoms with Crippen molar-refractivity contribution in [2.45, 2.75) is 39.0 Å². The van der Waals surface area contributed by atoms with Crippen LogP contribution in [0, 0.1) is 0 Å². The van der Waals surface area contributed by atoms with Crippen molar-refractivity contribution in [2.24, 2.45) is 0 Å². The molecule has 3 rings (SSSR count). The van der Waals surface area contributed by atoms with Gasteiger partial charge < -0.3 is 10.1 Å². The third kappa shape index (κ3) is 6.06. The van der Waals surface area contributed by atoms with E-state index in [1.807, 2.05) is 48.5 Å². The molecular weight excluding hydrogens is 360 g/mol. The average molecular weight is 387 g/mol. The molecule has 1 amide bonds. The molecule has 0 saturated carbocycles. The van der Waals surface area contributed by atoms with Crippen LogP contribution in [0.3, 0.4) is 0 Å². The highest BCUT2D eigenvalue weighted by molar-refractivity contribution is 6.30. The number of nitrogens with zero attached hydrogens (tertiary/aromatic N) is 1. The number of hydrogen-bond donors (Lipinski definition) is 1. The molecule has 0 spiro atoms. The number of halogens is 1. The standard InChI is InChI=1S/C22H27ClN2O2/c1-16-13-25(14-17(2)27-16)15-19-3-7-20(8-4-19)22(26)24-12-11-18-5-9-21(23)10-6-18/h3-10,16-17H,11-15H2,1-2H3,(H,24,26). The molecule has 1 saturated heterocycles. The SMILES string of the molecule is CC1CN(Cc2ccc(C(=O)NCCc3ccc(Cl)cc3)cc2)CC(C)O1. The lowest BCUT2D eigenvalue weighted by Crippen LogP contribution is -2.44. The van der Waals surface area contributed by atoms with Crippen LogP contribution in [0.15, 0.2) is 48.5 Å². The van der Waals surface area contributed by atoms with Crippen LogP contribution in [0.1, 0.15) is 35.3 Å². The molecule has 1 heterocycles. The van der Waals surface area contributed by atoms with Gasteiger partial charge in [0.2, 0.25) is 0 Å². The third-order valence-corrected chi connectivity index (χ3v) is 4.98. The van der Waals surface area contributed by atoms with Gasteiger partial charge in [0.15, 0.2) is 0 Å². The Labute approximate surface area is 166 Å². The van der Waals surface area contributed by atoms with Gasteiger partial charge in [-0.2, -0.15) is 0 Å². The zero-order valence-corrected chi connectivity index (χ0v) is 16.7. The minimum atomic E-state index is -0.0378. The first-order chi connectivity index (χ1) is 13.0. The van der Waals surface area contributed by atoms with Gasteiger partial charge in [0.25, 0.3) is 5.91 Å². The van der Waals surface area contributed by atoms with Crippen molar-refractivity contribution in [3.63, 3.8) is 0 Å². The summed E-state index contributed by atoms with van der Waals surface area (Å²) in [6.45, 7) is 7.59. The van der Waals surface area contributed by atoms with Crippen molar-refractivity contribution in [1.29, 1.82) is 0 Å². The van der Waals surface area contributed by atoms with E-state index in [0.717, 1.165) is 36.6 Å². The Morgan fingerprint density at radius 1 is 1.04 bits per heavy atom. The lowest BCUT2D eigenvalue weighted by molar-refractivity contribution is -0.0704. The molecular formula is C22H27ClN2O2. The van der Waals surface area contributed by atoms with Crippen molar-refractivity contribution >= 4 is 17.5 Å². The summed E-state index contributed by atoms with van der Waals surface area (Å²) in [4.78, 5) is 14.7. The van der Waals surface area contributed by atoms with E-state index in [9.17, 15) is 4.79 Å². The summed E-state index contributed by atoms with van der Waals surface area (Å²) in [6.07, 6.45) is 1.31. The molecule has 0 bridgehead atoms. The largest absolute Gasteiger partial charge is 0.373 e. The molecule has 1 aliphatic rings. The number of ether oxygens (including phenoxy) is 1. The van der Waals surface area contributed by atoms with E-state index in [2.05, 4.69) is 24.1 Å². The van der Waals surface area contributed by atoms with E-state index in [-0.39, 0.29) is 18.1 Å². The molecule has 1 fully saturated rings. The summed E-state index contributed by atoms with van der Waals surface area (Å²) in [7, 11) is 0. The maximum absolute atomic E-state index is 12.3. The lowest BCUT2D eigenvalue weighted by Gasteiger charge is -2.35. The number of amides is 1. The van der Waals surface area contributed by atoms with Crippen LogP contribution in [0.2, 0.25) is 5.02 Å². The number of nitrogens with one attached hydrogen (secondary N) is 1. The highest BCUT2D eigenvalue weighted by Crippen LogP contribution is 2.15. The number of hydrogen-bond acceptors (Lipinski definition) is 3. The van der Waals surface area contributed by atoms with Gasteiger partial charge in [-0.3, -0.25) is 9.69 Å². The summed E-state index contributed by atoms with van der Waals surface area (Å²) in [5.41, 5.74) is 3.07. The molecule has 1 aliphatic heterocycles. The highest BCUT2D eigenvalue weighted by Gasteiger charge is 2.22. The van der Waals surface area contributed by atoms with Gasteiger partial charge in [0.05, 0.1) is 12.2 Å². The quantitative estimate of drug-likeness (QED) is 0.818. The molecule has 144 valence electrons.